The van der Waals surface area contributed by atoms with Crippen molar-refractivity contribution >= 4 is 22.6 Å². The van der Waals surface area contributed by atoms with Gasteiger partial charge in [0.2, 0.25) is 0 Å². The molecule has 1 aromatic carbocycles. The van der Waals surface area contributed by atoms with Gasteiger partial charge in [-0.25, -0.2) is 9.97 Å². The van der Waals surface area contributed by atoms with Gasteiger partial charge in [-0.2, -0.15) is 0 Å². The van der Waals surface area contributed by atoms with Crippen molar-refractivity contribution in [2.45, 2.75) is 45.2 Å². The molecule has 0 radical (unpaired) electrons. The minimum Gasteiger partial charge on any atom is -0.482 e. The molecule has 0 spiro atoms. The number of rotatable bonds is 7. The smallest absolute Gasteiger partial charge is 0.254 e. The van der Waals surface area contributed by atoms with Gasteiger partial charge in [0, 0.05) is 60.0 Å². The molecule has 2 aliphatic rings. The van der Waals surface area contributed by atoms with Crippen molar-refractivity contribution in [3.8, 4) is 39.8 Å². The number of amides is 1. The molecule has 232 valence electrons. The van der Waals surface area contributed by atoms with Crippen molar-refractivity contribution in [1.29, 1.82) is 0 Å². The van der Waals surface area contributed by atoms with Gasteiger partial charge in [0.25, 0.3) is 5.91 Å². The average molecular weight is 612 g/mol. The molecule has 5 aromatic heterocycles. The van der Waals surface area contributed by atoms with Crippen LogP contribution in [-0.4, -0.2) is 61.0 Å². The summed E-state index contributed by atoms with van der Waals surface area (Å²) in [7, 11) is 1.64. The van der Waals surface area contributed by atoms with E-state index in [1.807, 2.05) is 51.9 Å². The number of hydrogen-bond donors (Lipinski definition) is 1. The van der Waals surface area contributed by atoms with Gasteiger partial charge < -0.3 is 19.9 Å². The molecule has 6 heterocycles. The summed E-state index contributed by atoms with van der Waals surface area (Å²) in [6.07, 6.45) is 6.11. The number of methoxy groups -OCH3 is 1. The lowest BCUT2D eigenvalue weighted by Gasteiger charge is -2.30. The number of nitrogens with zero attached hydrogens (tertiary/aromatic N) is 6. The van der Waals surface area contributed by atoms with Gasteiger partial charge in [-0.15, -0.1) is 0 Å². The molecule has 9 nitrogen and oxygen atoms in total. The van der Waals surface area contributed by atoms with Crippen LogP contribution in [0.15, 0.2) is 79.0 Å². The predicted molar refractivity (Wildman–Crippen MR) is 180 cm³/mol. The standard InChI is InChI=1S/C37H37N7O2/c1-23-34(41-32-19-27(20-33(46-2)44(23)32)37(45)42-17-7-10-28(38)22-42)31-18-26-14-15-30(40-36(26)43(31)21-24-12-13-24)29-11-6-16-39-35(29)25-8-4-3-5-9-25/h3-6,8-9,11,14-16,18-20,24,28H,7,10,12-13,17,21-22,38H2,1-2H3/t28-/m1/s1. The van der Waals surface area contributed by atoms with Crippen LogP contribution < -0.4 is 10.5 Å². The first-order valence-electron chi connectivity index (χ1n) is 16.1. The van der Waals surface area contributed by atoms with Gasteiger partial charge in [-0.05, 0) is 74.9 Å². The van der Waals surface area contributed by atoms with Crippen molar-refractivity contribution < 1.29 is 9.53 Å². The number of benzene rings is 1. The zero-order valence-electron chi connectivity index (χ0n) is 26.2. The fourth-order valence-electron chi connectivity index (χ4n) is 6.82. The van der Waals surface area contributed by atoms with E-state index < -0.39 is 0 Å². The number of imidazole rings is 1. The number of ether oxygens (including phenoxy) is 1. The minimum atomic E-state index is -0.0389. The molecule has 1 amide bonds. The zero-order chi connectivity index (χ0) is 31.4. The molecule has 6 aromatic rings. The first-order chi connectivity index (χ1) is 22.5. The first-order valence-corrected chi connectivity index (χ1v) is 16.1. The summed E-state index contributed by atoms with van der Waals surface area (Å²) in [5, 5.41) is 1.06. The van der Waals surface area contributed by atoms with E-state index in [4.69, 9.17) is 25.4 Å². The molecule has 46 heavy (non-hydrogen) atoms. The number of piperidine rings is 1. The lowest BCUT2D eigenvalue weighted by molar-refractivity contribution is 0.0708. The highest BCUT2D eigenvalue weighted by molar-refractivity contribution is 5.96. The summed E-state index contributed by atoms with van der Waals surface area (Å²) in [5.74, 6) is 1.15. The van der Waals surface area contributed by atoms with E-state index >= 15 is 0 Å². The van der Waals surface area contributed by atoms with E-state index in [9.17, 15) is 4.79 Å². The molecule has 0 unspecified atom stereocenters. The van der Waals surface area contributed by atoms with Crippen molar-refractivity contribution in [2.24, 2.45) is 11.7 Å². The molecule has 9 heteroatoms. The molecular weight excluding hydrogens is 574 g/mol. The Labute approximate surface area is 267 Å². The van der Waals surface area contributed by atoms with Gasteiger partial charge in [0.05, 0.1) is 29.9 Å². The predicted octanol–water partition coefficient (Wildman–Crippen LogP) is 6.37. The number of carbonyl (C=O) groups is 1. The van der Waals surface area contributed by atoms with Crippen molar-refractivity contribution in [1.82, 2.24) is 28.8 Å². The third kappa shape index (κ3) is 5.01. The van der Waals surface area contributed by atoms with Gasteiger partial charge >= 0.3 is 0 Å². The maximum absolute atomic E-state index is 13.5. The van der Waals surface area contributed by atoms with Gasteiger partial charge in [0.15, 0.2) is 5.88 Å². The summed E-state index contributed by atoms with van der Waals surface area (Å²) in [4.78, 5) is 30.5. The van der Waals surface area contributed by atoms with E-state index in [0.717, 1.165) is 70.0 Å². The monoisotopic (exact) mass is 611 g/mol. The van der Waals surface area contributed by atoms with Crippen LogP contribution in [0.5, 0.6) is 5.88 Å². The van der Waals surface area contributed by atoms with Crippen LogP contribution in [-0.2, 0) is 6.54 Å². The molecule has 0 bridgehead atoms. The fourth-order valence-corrected chi connectivity index (χ4v) is 6.82. The second-order valence-electron chi connectivity index (χ2n) is 12.6. The van der Waals surface area contributed by atoms with Gasteiger partial charge in [-0.3, -0.25) is 14.2 Å². The van der Waals surface area contributed by atoms with Crippen LogP contribution in [0.4, 0.5) is 0 Å². The Balaban J connectivity index is 1.25. The van der Waals surface area contributed by atoms with Gasteiger partial charge in [0.1, 0.15) is 17.0 Å². The Morgan fingerprint density at radius 2 is 1.83 bits per heavy atom. The average Bonchev–Trinajstić information content (AvgIpc) is 3.77. The van der Waals surface area contributed by atoms with Crippen molar-refractivity contribution in [3.63, 3.8) is 0 Å². The molecule has 1 aliphatic carbocycles. The van der Waals surface area contributed by atoms with Crippen LogP contribution in [0.2, 0.25) is 0 Å². The number of pyridine rings is 3. The van der Waals surface area contributed by atoms with Crippen LogP contribution >= 0.6 is 0 Å². The van der Waals surface area contributed by atoms with Crippen LogP contribution in [0.25, 0.3) is 50.6 Å². The van der Waals surface area contributed by atoms with E-state index in [2.05, 4.69) is 47.9 Å². The number of aromatic nitrogens is 5. The van der Waals surface area contributed by atoms with Gasteiger partial charge in [-0.1, -0.05) is 30.3 Å². The third-order valence-electron chi connectivity index (χ3n) is 9.37. The molecule has 2 fully saturated rings. The lowest BCUT2D eigenvalue weighted by Crippen LogP contribution is -2.45. The van der Waals surface area contributed by atoms with E-state index in [-0.39, 0.29) is 11.9 Å². The van der Waals surface area contributed by atoms with E-state index in [0.29, 0.717) is 36.1 Å². The van der Waals surface area contributed by atoms with Crippen molar-refractivity contribution in [2.75, 3.05) is 20.2 Å². The highest BCUT2D eigenvalue weighted by Crippen LogP contribution is 2.38. The minimum absolute atomic E-state index is 0.00851. The topological polar surface area (TPSA) is 104 Å². The van der Waals surface area contributed by atoms with Crippen LogP contribution in [0.1, 0.15) is 41.7 Å². The Bertz CT molecular complexity index is 2090. The SMILES string of the molecule is COc1cc(C(=O)N2CCC[C@@H](N)C2)cc2nc(-c3cc4ccc(-c5cccnc5-c5ccccc5)nc4n3CC3CC3)c(C)n12. The molecule has 1 saturated heterocycles. The summed E-state index contributed by atoms with van der Waals surface area (Å²) >= 11 is 0. The number of carbonyl (C=O) groups excluding carboxylic acids is 1. The maximum Gasteiger partial charge on any atom is 0.254 e. The van der Waals surface area contributed by atoms with Crippen LogP contribution in [0, 0.1) is 12.8 Å². The summed E-state index contributed by atoms with van der Waals surface area (Å²) in [6.45, 7) is 4.20. The normalized spacial score (nSPS) is 16.8. The number of likely N-dealkylation sites (tertiary alicyclic amines) is 1. The van der Waals surface area contributed by atoms with Crippen LogP contribution in [0.3, 0.4) is 0 Å². The zero-order valence-corrected chi connectivity index (χ0v) is 26.2. The first kappa shape index (κ1) is 28.5. The Kier molecular flexibility index (Phi) is 7.06. The third-order valence-corrected chi connectivity index (χ3v) is 9.37. The second kappa shape index (κ2) is 11.4. The van der Waals surface area contributed by atoms with E-state index in [1.54, 1.807) is 7.11 Å². The summed E-state index contributed by atoms with van der Waals surface area (Å²) in [6, 6.07) is 24.4. The summed E-state index contributed by atoms with van der Waals surface area (Å²) < 4.78 is 10.2. The molecule has 8 rings (SSSR count). The lowest BCUT2D eigenvalue weighted by atomic mass is 10.0. The molecule has 1 aliphatic heterocycles. The maximum atomic E-state index is 13.5. The summed E-state index contributed by atoms with van der Waals surface area (Å²) in [5.41, 5.74) is 15.0. The van der Waals surface area contributed by atoms with Crippen molar-refractivity contribution in [3.05, 3.63) is 90.3 Å². The number of fused-ring (bicyclic) bond motifs is 2. The Morgan fingerprint density at radius 3 is 2.61 bits per heavy atom. The Hall–Kier alpha value is -5.02. The highest BCUT2D eigenvalue weighted by atomic mass is 16.5. The quantitative estimate of drug-likeness (QED) is 0.225. The molecule has 2 N–H and O–H groups in total. The molecule has 1 atom stereocenters. The second-order valence-corrected chi connectivity index (χ2v) is 12.6. The number of nitrogens with two attached hydrogens (primary N) is 1. The fraction of sp³-hybridized carbons (Fsp3) is 0.297. The van der Waals surface area contributed by atoms with E-state index in [1.165, 1.54) is 12.8 Å². The Morgan fingerprint density at radius 1 is 0.978 bits per heavy atom. The largest absolute Gasteiger partial charge is 0.482 e. The number of hydrogen-bond acceptors (Lipinski definition) is 6. The molecular formula is C37H37N7O2. The highest BCUT2D eigenvalue weighted by Gasteiger charge is 2.28. The number of aryl methyl sites for hydroxylation is 1. The molecule has 1 saturated carbocycles.